The molecule has 0 saturated heterocycles. The van der Waals surface area contributed by atoms with Crippen LogP contribution in [0.4, 0.5) is 0 Å². The number of hydrogen-bond acceptors (Lipinski definition) is 3. The number of carbonyl (C=O) groups excluding carboxylic acids is 1. The number of esters is 1. The number of para-hydroxylation sites is 1. The normalized spacial score (nSPS) is 10.7. The second-order valence-electron chi connectivity index (χ2n) is 3.37. The van der Waals surface area contributed by atoms with Crippen LogP contribution in [-0.2, 0) is 4.74 Å². The smallest absolute Gasteiger partial charge is 0.342 e. The summed E-state index contributed by atoms with van der Waals surface area (Å²) in [5.74, 6) is 0.155. The number of benzene rings is 1. The van der Waals surface area contributed by atoms with Crippen molar-refractivity contribution in [2.75, 3.05) is 6.61 Å². The number of fused-ring (bicyclic) bond motifs is 1. The molecule has 0 atom stereocenters. The zero-order valence-electron chi connectivity index (χ0n) is 9.04. The fourth-order valence-electron chi connectivity index (χ4n) is 1.66. The highest BCUT2D eigenvalue weighted by molar-refractivity contribution is 6.35. The summed E-state index contributed by atoms with van der Waals surface area (Å²) in [5.41, 5.74) is 0.990. The first-order valence-corrected chi connectivity index (χ1v) is 5.37. The van der Waals surface area contributed by atoms with E-state index in [4.69, 9.17) is 20.8 Å². The van der Waals surface area contributed by atoms with E-state index >= 15 is 0 Å². The van der Waals surface area contributed by atoms with Gasteiger partial charge in [-0.25, -0.2) is 4.79 Å². The summed E-state index contributed by atoms with van der Waals surface area (Å²) in [4.78, 5) is 11.7. The van der Waals surface area contributed by atoms with Crippen molar-refractivity contribution in [3.63, 3.8) is 0 Å². The number of halogens is 1. The molecule has 0 N–H and O–H groups in total. The molecule has 4 heteroatoms. The largest absolute Gasteiger partial charge is 0.462 e. The number of rotatable bonds is 2. The van der Waals surface area contributed by atoms with Gasteiger partial charge in [0.15, 0.2) is 5.58 Å². The molecule has 0 aliphatic rings. The molecule has 1 aromatic carbocycles. The van der Waals surface area contributed by atoms with E-state index in [2.05, 4.69) is 0 Å². The quantitative estimate of drug-likeness (QED) is 0.751. The SMILES string of the molecule is CCOC(=O)c1c(C)oc2c(Cl)cccc12. The Balaban J connectivity index is 2.65. The van der Waals surface area contributed by atoms with E-state index in [0.717, 1.165) is 0 Å². The van der Waals surface area contributed by atoms with Gasteiger partial charge in [0.1, 0.15) is 11.3 Å². The van der Waals surface area contributed by atoms with E-state index in [1.54, 1.807) is 32.0 Å². The van der Waals surface area contributed by atoms with Gasteiger partial charge in [-0.15, -0.1) is 0 Å². The van der Waals surface area contributed by atoms with Crippen LogP contribution in [0.2, 0.25) is 5.02 Å². The summed E-state index contributed by atoms with van der Waals surface area (Å²) in [6.07, 6.45) is 0. The topological polar surface area (TPSA) is 39.4 Å². The summed E-state index contributed by atoms with van der Waals surface area (Å²) < 4.78 is 10.4. The summed E-state index contributed by atoms with van der Waals surface area (Å²) in [5, 5.41) is 1.19. The predicted octanol–water partition coefficient (Wildman–Crippen LogP) is 3.57. The lowest BCUT2D eigenvalue weighted by Gasteiger charge is -1.99. The van der Waals surface area contributed by atoms with Crippen LogP contribution < -0.4 is 0 Å². The highest BCUT2D eigenvalue weighted by Crippen LogP contribution is 2.31. The first-order valence-electron chi connectivity index (χ1n) is 5.00. The Kier molecular flexibility index (Phi) is 2.88. The second kappa shape index (κ2) is 4.18. The molecule has 2 aromatic rings. The lowest BCUT2D eigenvalue weighted by molar-refractivity contribution is 0.0526. The molecule has 0 spiro atoms. The maximum atomic E-state index is 11.7. The third kappa shape index (κ3) is 1.67. The number of carbonyl (C=O) groups is 1. The molecule has 1 heterocycles. The fourth-order valence-corrected chi connectivity index (χ4v) is 1.87. The average molecular weight is 239 g/mol. The van der Waals surface area contributed by atoms with Crippen molar-refractivity contribution in [1.29, 1.82) is 0 Å². The summed E-state index contributed by atoms with van der Waals surface area (Å²) in [6, 6.07) is 5.30. The molecular weight excluding hydrogens is 228 g/mol. The van der Waals surface area contributed by atoms with Gasteiger partial charge >= 0.3 is 5.97 Å². The van der Waals surface area contributed by atoms with E-state index in [9.17, 15) is 4.79 Å². The Morgan fingerprint density at radius 3 is 2.94 bits per heavy atom. The van der Waals surface area contributed by atoms with Gasteiger partial charge in [0.05, 0.1) is 11.6 Å². The van der Waals surface area contributed by atoms with Gasteiger partial charge in [0.25, 0.3) is 0 Å². The van der Waals surface area contributed by atoms with Crippen molar-refractivity contribution in [3.8, 4) is 0 Å². The molecule has 0 unspecified atom stereocenters. The van der Waals surface area contributed by atoms with Gasteiger partial charge < -0.3 is 9.15 Å². The number of furan rings is 1. The molecule has 2 rings (SSSR count). The van der Waals surface area contributed by atoms with Crippen LogP contribution >= 0.6 is 11.6 Å². The Morgan fingerprint density at radius 2 is 2.25 bits per heavy atom. The first-order chi connectivity index (χ1) is 7.65. The van der Waals surface area contributed by atoms with Crippen molar-refractivity contribution >= 4 is 28.5 Å². The molecule has 0 saturated carbocycles. The Morgan fingerprint density at radius 1 is 1.50 bits per heavy atom. The van der Waals surface area contributed by atoms with E-state index in [1.165, 1.54) is 0 Å². The van der Waals surface area contributed by atoms with Gasteiger partial charge in [0.2, 0.25) is 0 Å². The predicted molar refractivity (Wildman–Crippen MR) is 61.9 cm³/mol. The molecule has 0 bridgehead atoms. The van der Waals surface area contributed by atoms with E-state index in [-0.39, 0.29) is 5.97 Å². The monoisotopic (exact) mass is 238 g/mol. The van der Waals surface area contributed by atoms with Gasteiger partial charge in [-0.3, -0.25) is 0 Å². The van der Waals surface area contributed by atoms with Crippen molar-refractivity contribution in [3.05, 3.63) is 34.5 Å². The average Bonchev–Trinajstić information content (AvgIpc) is 2.56. The van der Waals surface area contributed by atoms with Crippen LogP contribution in [0.5, 0.6) is 0 Å². The number of hydrogen-bond donors (Lipinski definition) is 0. The highest BCUT2D eigenvalue weighted by Gasteiger charge is 2.20. The lowest BCUT2D eigenvalue weighted by Crippen LogP contribution is -2.05. The van der Waals surface area contributed by atoms with Crippen molar-refractivity contribution in [1.82, 2.24) is 0 Å². The molecular formula is C12H11ClO3. The number of ether oxygens (including phenoxy) is 1. The Labute approximate surface area is 97.9 Å². The zero-order valence-corrected chi connectivity index (χ0v) is 9.80. The van der Waals surface area contributed by atoms with E-state index in [0.29, 0.717) is 33.9 Å². The molecule has 3 nitrogen and oxygen atoms in total. The minimum absolute atomic E-state index is 0.339. The van der Waals surface area contributed by atoms with Gasteiger partial charge in [0, 0.05) is 5.39 Å². The van der Waals surface area contributed by atoms with Crippen LogP contribution in [0.25, 0.3) is 11.0 Å². The highest BCUT2D eigenvalue weighted by atomic mass is 35.5. The summed E-state index contributed by atoms with van der Waals surface area (Å²) in [7, 11) is 0. The molecule has 0 aliphatic carbocycles. The van der Waals surface area contributed by atoms with Crippen LogP contribution in [0.3, 0.4) is 0 Å². The first kappa shape index (κ1) is 11.0. The standard InChI is InChI=1S/C12H11ClO3/c1-3-15-12(14)10-7(2)16-11-8(10)5-4-6-9(11)13/h4-6H,3H2,1-2H3. The maximum absolute atomic E-state index is 11.7. The van der Waals surface area contributed by atoms with Crippen molar-refractivity contribution in [2.45, 2.75) is 13.8 Å². The van der Waals surface area contributed by atoms with Crippen LogP contribution in [0.15, 0.2) is 22.6 Å². The minimum atomic E-state index is -0.374. The van der Waals surface area contributed by atoms with Crippen LogP contribution in [0, 0.1) is 6.92 Å². The molecule has 0 fully saturated rings. The van der Waals surface area contributed by atoms with Crippen molar-refractivity contribution in [2.24, 2.45) is 0 Å². The van der Waals surface area contributed by atoms with Crippen molar-refractivity contribution < 1.29 is 13.9 Å². The summed E-state index contributed by atoms with van der Waals surface area (Å²) in [6.45, 7) is 3.83. The molecule has 84 valence electrons. The van der Waals surface area contributed by atoms with Gasteiger partial charge in [-0.2, -0.15) is 0 Å². The molecule has 0 amide bonds. The lowest BCUT2D eigenvalue weighted by atomic mass is 10.1. The molecule has 1 aromatic heterocycles. The summed E-state index contributed by atoms with van der Waals surface area (Å²) >= 11 is 5.98. The second-order valence-corrected chi connectivity index (χ2v) is 3.78. The van der Waals surface area contributed by atoms with Crippen LogP contribution in [0.1, 0.15) is 23.0 Å². The van der Waals surface area contributed by atoms with Crippen LogP contribution in [-0.4, -0.2) is 12.6 Å². The minimum Gasteiger partial charge on any atom is -0.462 e. The molecule has 0 aliphatic heterocycles. The third-order valence-corrected chi connectivity index (χ3v) is 2.62. The Hall–Kier alpha value is -1.48. The van der Waals surface area contributed by atoms with Gasteiger partial charge in [-0.1, -0.05) is 23.7 Å². The Bertz CT molecular complexity index is 542. The van der Waals surface area contributed by atoms with E-state index in [1.807, 2.05) is 0 Å². The van der Waals surface area contributed by atoms with E-state index < -0.39 is 0 Å². The fraction of sp³-hybridized carbons (Fsp3) is 0.250. The molecule has 0 radical (unpaired) electrons. The van der Waals surface area contributed by atoms with Gasteiger partial charge in [-0.05, 0) is 19.9 Å². The zero-order chi connectivity index (χ0) is 11.7. The maximum Gasteiger partial charge on any atom is 0.342 e. The third-order valence-electron chi connectivity index (χ3n) is 2.32. The molecule has 16 heavy (non-hydrogen) atoms. The number of aryl methyl sites for hydroxylation is 1.